The first-order valence-electron chi connectivity index (χ1n) is 9.55. The molecule has 0 amide bonds. The maximum absolute atomic E-state index is 5.84. The summed E-state index contributed by atoms with van der Waals surface area (Å²) in [5, 5.41) is 11.7. The van der Waals surface area contributed by atoms with Crippen LogP contribution in [0.3, 0.4) is 0 Å². The zero-order valence-corrected chi connectivity index (χ0v) is 19.9. The van der Waals surface area contributed by atoms with E-state index >= 15 is 0 Å². The summed E-state index contributed by atoms with van der Waals surface area (Å²) in [6, 6.07) is 8.11. The van der Waals surface area contributed by atoms with Crippen LogP contribution in [0.15, 0.2) is 29.3 Å². The molecular formula is C20H33IN6O. The summed E-state index contributed by atoms with van der Waals surface area (Å²) in [5.74, 6) is 3.49. The van der Waals surface area contributed by atoms with E-state index in [0.29, 0.717) is 13.2 Å². The summed E-state index contributed by atoms with van der Waals surface area (Å²) in [4.78, 5) is 6.82. The minimum absolute atomic E-state index is 0. The Morgan fingerprint density at radius 1 is 1.21 bits per heavy atom. The quantitative estimate of drug-likeness (QED) is 0.248. The molecule has 28 heavy (non-hydrogen) atoms. The van der Waals surface area contributed by atoms with E-state index in [1.807, 2.05) is 37.7 Å². The van der Waals surface area contributed by atoms with Gasteiger partial charge < -0.3 is 19.5 Å². The molecule has 2 rings (SSSR count). The predicted octanol–water partition coefficient (Wildman–Crippen LogP) is 3.31. The Hall–Kier alpha value is -1.84. The highest BCUT2D eigenvalue weighted by Crippen LogP contribution is 2.11. The van der Waals surface area contributed by atoms with E-state index in [-0.39, 0.29) is 24.0 Å². The van der Waals surface area contributed by atoms with E-state index in [1.165, 1.54) is 5.56 Å². The number of aliphatic imine (C=N–C) groups is 1. The van der Waals surface area contributed by atoms with Gasteiger partial charge in [0.25, 0.3) is 0 Å². The minimum atomic E-state index is 0. The first-order valence-corrected chi connectivity index (χ1v) is 9.55. The van der Waals surface area contributed by atoms with E-state index in [9.17, 15) is 0 Å². The van der Waals surface area contributed by atoms with Gasteiger partial charge in [-0.2, -0.15) is 0 Å². The van der Waals surface area contributed by atoms with Crippen LogP contribution in [0.2, 0.25) is 0 Å². The Morgan fingerprint density at radius 3 is 2.54 bits per heavy atom. The zero-order valence-electron chi connectivity index (χ0n) is 17.6. The highest BCUT2D eigenvalue weighted by molar-refractivity contribution is 14.0. The molecule has 0 unspecified atom stereocenters. The van der Waals surface area contributed by atoms with Gasteiger partial charge in [0.2, 0.25) is 0 Å². The molecule has 0 fully saturated rings. The summed E-state index contributed by atoms with van der Waals surface area (Å²) in [6.07, 6.45) is 2.25. The molecule has 1 heterocycles. The lowest BCUT2D eigenvalue weighted by molar-refractivity contribution is 0.281. The topological polar surface area (TPSA) is 67.6 Å². The van der Waals surface area contributed by atoms with Crippen molar-refractivity contribution in [1.29, 1.82) is 0 Å². The molecule has 1 aromatic heterocycles. The molecule has 0 saturated heterocycles. The number of hydrogen-bond acceptors (Lipinski definition) is 4. The van der Waals surface area contributed by atoms with Crippen molar-refractivity contribution in [2.24, 2.45) is 12.0 Å². The van der Waals surface area contributed by atoms with Gasteiger partial charge >= 0.3 is 0 Å². The van der Waals surface area contributed by atoms with Crippen molar-refractivity contribution in [1.82, 2.24) is 25.0 Å². The Balaban J connectivity index is 0.00000392. The van der Waals surface area contributed by atoms with Crippen molar-refractivity contribution >= 4 is 29.9 Å². The molecule has 156 valence electrons. The van der Waals surface area contributed by atoms with Crippen LogP contribution in [0.1, 0.15) is 37.0 Å². The number of rotatable bonds is 9. The molecule has 0 saturated carbocycles. The number of nitrogens with one attached hydrogen (secondary N) is 1. The lowest BCUT2D eigenvalue weighted by atomic mass is 10.2. The Labute approximate surface area is 185 Å². The van der Waals surface area contributed by atoms with Crippen molar-refractivity contribution < 1.29 is 4.74 Å². The van der Waals surface area contributed by atoms with Gasteiger partial charge in [-0.1, -0.05) is 31.0 Å². The van der Waals surface area contributed by atoms with Crippen LogP contribution in [0.5, 0.6) is 5.75 Å². The van der Waals surface area contributed by atoms with Gasteiger partial charge in [0.05, 0.1) is 6.54 Å². The van der Waals surface area contributed by atoms with Crippen molar-refractivity contribution in [3.8, 4) is 5.75 Å². The third-order valence-electron chi connectivity index (χ3n) is 4.44. The normalized spacial score (nSPS) is 11.1. The standard InChI is InChI=1S/C20H32N6O.HI/c1-6-7-12-21-20(22-15-19-24-23-17(3)26(19)5)25(4)13-14-27-18-10-8-16(2)9-11-18;/h8-11H,6-7,12-15H2,1-5H3,(H,21,22);1H. The number of ether oxygens (including phenoxy) is 1. The number of nitrogens with zero attached hydrogens (tertiary/aromatic N) is 5. The third kappa shape index (κ3) is 7.65. The average molecular weight is 500 g/mol. The molecule has 7 nitrogen and oxygen atoms in total. The number of halogens is 1. The lowest BCUT2D eigenvalue weighted by Gasteiger charge is -2.22. The van der Waals surface area contributed by atoms with Crippen LogP contribution >= 0.6 is 24.0 Å². The van der Waals surface area contributed by atoms with Gasteiger partial charge in [-0.3, -0.25) is 0 Å². The lowest BCUT2D eigenvalue weighted by Crippen LogP contribution is -2.41. The van der Waals surface area contributed by atoms with E-state index < -0.39 is 0 Å². The maximum Gasteiger partial charge on any atom is 0.194 e. The van der Waals surface area contributed by atoms with E-state index in [0.717, 1.165) is 49.3 Å². The molecular weight excluding hydrogens is 467 g/mol. The molecule has 0 atom stereocenters. The van der Waals surface area contributed by atoms with Gasteiger partial charge in [0.1, 0.15) is 24.7 Å². The second-order valence-corrected chi connectivity index (χ2v) is 6.73. The fraction of sp³-hybridized carbons (Fsp3) is 0.550. The molecule has 0 radical (unpaired) electrons. The minimum Gasteiger partial charge on any atom is -0.492 e. The molecule has 1 aromatic carbocycles. The summed E-state index contributed by atoms with van der Waals surface area (Å²) in [7, 11) is 3.99. The summed E-state index contributed by atoms with van der Waals surface area (Å²) in [6.45, 7) is 8.92. The van der Waals surface area contributed by atoms with E-state index in [2.05, 4.69) is 46.4 Å². The van der Waals surface area contributed by atoms with Crippen molar-refractivity contribution in [2.45, 2.75) is 40.2 Å². The average Bonchev–Trinajstić information content (AvgIpc) is 2.98. The molecule has 0 aliphatic carbocycles. The molecule has 0 bridgehead atoms. The first kappa shape index (κ1) is 24.2. The summed E-state index contributed by atoms with van der Waals surface area (Å²) < 4.78 is 7.81. The second-order valence-electron chi connectivity index (χ2n) is 6.73. The maximum atomic E-state index is 5.84. The van der Waals surface area contributed by atoms with E-state index in [4.69, 9.17) is 9.73 Å². The van der Waals surface area contributed by atoms with Crippen LogP contribution in [-0.4, -0.2) is 52.4 Å². The smallest absolute Gasteiger partial charge is 0.194 e. The second kappa shape index (κ2) is 12.6. The monoisotopic (exact) mass is 500 g/mol. The van der Waals surface area contributed by atoms with Gasteiger partial charge in [-0.05, 0) is 32.4 Å². The van der Waals surface area contributed by atoms with Gasteiger partial charge in [0.15, 0.2) is 11.8 Å². The largest absolute Gasteiger partial charge is 0.492 e. The van der Waals surface area contributed by atoms with Crippen LogP contribution in [0.25, 0.3) is 0 Å². The zero-order chi connectivity index (χ0) is 19.6. The number of hydrogen-bond donors (Lipinski definition) is 1. The fourth-order valence-electron chi connectivity index (χ4n) is 2.46. The number of aryl methyl sites for hydroxylation is 2. The predicted molar refractivity (Wildman–Crippen MR) is 125 cm³/mol. The van der Waals surface area contributed by atoms with Crippen molar-refractivity contribution in [3.63, 3.8) is 0 Å². The molecule has 0 spiro atoms. The molecule has 2 aromatic rings. The van der Waals surface area contributed by atoms with Crippen LogP contribution in [0.4, 0.5) is 0 Å². The van der Waals surface area contributed by atoms with Crippen molar-refractivity contribution in [3.05, 3.63) is 41.5 Å². The SMILES string of the molecule is CCCCNC(=NCc1nnc(C)n1C)N(C)CCOc1ccc(C)cc1.I. The van der Waals surface area contributed by atoms with Crippen molar-refractivity contribution in [2.75, 3.05) is 26.7 Å². The molecule has 0 aliphatic heterocycles. The highest BCUT2D eigenvalue weighted by atomic mass is 127. The molecule has 8 heteroatoms. The Bertz CT molecular complexity index is 729. The van der Waals surface area contributed by atoms with Gasteiger partial charge in [-0.25, -0.2) is 4.99 Å². The number of unbranched alkanes of at least 4 members (excludes halogenated alkanes) is 1. The number of aromatic nitrogens is 3. The first-order chi connectivity index (χ1) is 13.0. The number of benzene rings is 1. The Morgan fingerprint density at radius 2 is 1.93 bits per heavy atom. The number of guanidine groups is 1. The van der Waals surface area contributed by atoms with Gasteiger partial charge in [-0.15, -0.1) is 34.2 Å². The van der Waals surface area contributed by atoms with Crippen LogP contribution < -0.4 is 10.1 Å². The highest BCUT2D eigenvalue weighted by Gasteiger charge is 2.09. The van der Waals surface area contributed by atoms with Gasteiger partial charge in [0, 0.05) is 20.6 Å². The summed E-state index contributed by atoms with van der Waals surface area (Å²) >= 11 is 0. The molecule has 0 aliphatic rings. The third-order valence-corrected chi connectivity index (χ3v) is 4.44. The number of likely N-dealkylation sites (N-methyl/N-ethyl adjacent to an activating group) is 1. The summed E-state index contributed by atoms with van der Waals surface area (Å²) in [5.41, 5.74) is 1.23. The van der Waals surface area contributed by atoms with E-state index in [1.54, 1.807) is 0 Å². The Kier molecular flexibility index (Phi) is 10.9. The molecule has 1 N–H and O–H groups in total. The van der Waals surface area contributed by atoms with Crippen LogP contribution in [-0.2, 0) is 13.6 Å². The van der Waals surface area contributed by atoms with Crippen LogP contribution in [0, 0.1) is 13.8 Å². The fourth-order valence-corrected chi connectivity index (χ4v) is 2.46.